The molecule has 2 aromatic carbocycles. The standard InChI is InChI=1S/C17H16N4OS/c1-12-6-5-8-13(10-12)16-19-20-17(23)21(16)18-11-14-7-3-4-9-15(14)22-2/h3-11H,1-2H3,(H,20,23). The van der Waals surface area contributed by atoms with Gasteiger partial charge in [-0.05, 0) is 37.3 Å². The first-order valence-corrected chi connectivity index (χ1v) is 7.51. The molecule has 0 aliphatic rings. The van der Waals surface area contributed by atoms with E-state index >= 15 is 0 Å². The number of hydrogen-bond acceptors (Lipinski definition) is 4. The predicted molar refractivity (Wildman–Crippen MR) is 93.6 cm³/mol. The first-order chi connectivity index (χ1) is 11.2. The topological polar surface area (TPSA) is 55.2 Å². The minimum Gasteiger partial charge on any atom is -0.496 e. The van der Waals surface area contributed by atoms with Gasteiger partial charge in [0.15, 0.2) is 5.82 Å². The van der Waals surface area contributed by atoms with E-state index in [-0.39, 0.29) is 0 Å². The Hall–Kier alpha value is -2.73. The molecular formula is C17H16N4OS. The van der Waals surface area contributed by atoms with E-state index < -0.39 is 0 Å². The highest BCUT2D eigenvalue weighted by Crippen LogP contribution is 2.19. The maximum absolute atomic E-state index is 5.33. The highest BCUT2D eigenvalue weighted by atomic mass is 32.1. The summed E-state index contributed by atoms with van der Waals surface area (Å²) in [7, 11) is 1.63. The van der Waals surface area contributed by atoms with Gasteiger partial charge < -0.3 is 4.74 Å². The lowest BCUT2D eigenvalue weighted by Gasteiger charge is -2.04. The van der Waals surface area contributed by atoms with Crippen LogP contribution >= 0.6 is 12.2 Å². The minimum atomic E-state index is 0.438. The van der Waals surface area contributed by atoms with Crippen molar-refractivity contribution in [3.05, 3.63) is 64.4 Å². The molecule has 0 radical (unpaired) electrons. The summed E-state index contributed by atoms with van der Waals surface area (Å²) < 4.78 is 7.37. The summed E-state index contributed by atoms with van der Waals surface area (Å²) in [5, 5.41) is 11.5. The highest BCUT2D eigenvalue weighted by Gasteiger charge is 2.08. The third kappa shape index (κ3) is 3.22. The van der Waals surface area contributed by atoms with Gasteiger partial charge in [0.1, 0.15) is 5.75 Å². The van der Waals surface area contributed by atoms with Gasteiger partial charge in [-0.15, -0.1) is 0 Å². The third-order valence-electron chi connectivity index (χ3n) is 3.38. The fourth-order valence-corrected chi connectivity index (χ4v) is 2.44. The normalized spacial score (nSPS) is 11.0. The van der Waals surface area contributed by atoms with E-state index in [9.17, 15) is 0 Å². The molecule has 0 unspecified atom stereocenters. The van der Waals surface area contributed by atoms with E-state index in [2.05, 4.69) is 15.3 Å². The lowest BCUT2D eigenvalue weighted by Crippen LogP contribution is -1.96. The molecule has 6 heteroatoms. The average molecular weight is 324 g/mol. The van der Waals surface area contributed by atoms with E-state index in [1.54, 1.807) is 18.0 Å². The number of nitrogens with one attached hydrogen (secondary N) is 1. The number of ether oxygens (including phenoxy) is 1. The maximum Gasteiger partial charge on any atom is 0.216 e. The van der Waals surface area contributed by atoms with Crippen molar-refractivity contribution < 1.29 is 4.74 Å². The third-order valence-corrected chi connectivity index (χ3v) is 3.64. The van der Waals surface area contributed by atoms with Crippen LogP contribution in [0.3, 0.4) is 0 Å². The van der Waals surface area contributed by atoms with Crippen molar-refractivity contribution in [3.8, 4) is 17.1 Å². The number of para-hydroxylation sites is 1. The van der Waals surface area contributed by atoms with E-state index in [0.717, 1.165) is 22.4 Å². The summed E-state index contributed by atoms with van der Waals surface area (Å²) in [4.78, 5) is 0. The molecule has 0 spiro atoms. The number of aromatic nitrogens is 3. The predicted octanol–water partition coefficient (Wildman–Crippen LogP) is 3.81. The zero-order valence-electron chi connectivity index (χ0n) is 12.9. The lowest BCUT2D eigenvalue weighted by atomic mass is 10.1. The van der Waals surface area contributed by atoms with Gasteiger partial charge in [-0.25, -0.2) is 5.10 Å². The fourth-order valence-electron chi connectivity index (χ4n) is 2.26. The maximum atomic E-state index is 5.33. The van der Waals surface area contributed by atoms with Crippen LogP contribution in [0.25, 0.3) is 11.4 Å². The molecule has 3 rings (SSSR count). The van der Waals surface area contributed by atoms with Crippen molar-refractivity contribution in [2.45, 2.75) is 6.92 Å². The van der Waals surface area contributed by atoms with Crippen molar-refractivity contribution in [1.82, 2.24) is 14.9 Å². The zero-order valence-corrected chi connectivity index (χ0v) is 13.7. The summed E-state index contributed by atoms with van der Waals surface area (Å²) in [6.07, 6.45) is 1.71. The number of benzene rings is 2. The van der Waals surface area contributed by atoms with E-state index in [1.807, 2.05) is 55.5 Å². The van der Waals surface area contributed by atoms with Gasteiger partial charge in [0.2, 0.25) is 4.77 Å². The quantitative estimate of drug-likeness (QED) is 0.586. The second-order valence-corrected chi connectivity index (χ2v) is 5.41. The molecule has 0 saturated heterocycles. The Balaban J connectivity index is 2.03. The van der Waals surface area contributed by atoms with Crippen LogP contribution in [0.1, 0.15) is 11.1 Å². The molecule has 0 aliphatic heterocycles. The monoisotopic (exact) mass is 324 g/mol. The van der Waals surface area contributed by atoms with Gasteiger partial charge >= 0.3 is 0 Å². The van der Waals surface area contributed by atoms with Crippen LogP contribution in [-0.4, -0.2) is 28.2 Å². The van der Waals surface area contributed by atoms with E-state index in [4.69, 9.17) is 17.0 Å². The minimum absolute atomic E-state index is 0.438. The number of nitrogens with zero attached hydrogens (tertiary/aromatic N) is 3. The van der Waals surface area contributed by atoms with Crippen molar-refractivity contribution in [1.29, 1.82) is 0 Å². The van der Waals surface area contributed by atoms with Crippen molar-refractivity contribution >= 4 is 18.4 Å². The Labute approximate surface area is 139 Å². The van der Waals surface area contributed by atoms with Crippen LogP contribution in [0.2, 0.25) is 0 Å². The molecule has 5 nitrogen and oxygen atoms in total. The Bertz CT molecular complexity index is 911. The summed E-state index contributed by atoms with van der Waals surface area (Å²) in [6, 6.07) is 15.7. The SMILES string of the molecule is COc1ccccc1C=Nn1c(-c2cccc(C)c2)n[nH]c1=S. The first-order valence-electron chi connectivity index (χ1n) is 7.11. The van der Waals surface area contributed by atoms with Crippen molar-refractivity contribution in [2.24, 2.45) is 5.10 Å². The van der Waals surface area contributed by atoms with Crippen LogP contribution in [0, 0.1) is 11.7 Å². The smallest absolute Gasteiger partial charge is 0.216 e. The number of aromatic amines is 1. The first kappa shape index (κ1) is 15.2. The average Bonchev–Trinajstić information content (AvgIpc) is 2.94. The number of H-pyrrole nitrogens is 1. The molecule has 0 aliphatic carbocycles. The van der Waals surface area contributed by atoms with Crippen LogP contribution in [0.15, 0.2) is 53.6 Å². The Morgan fingerprint density at radius 1 is 1.22 bits per heavy atom. The summed E-state index contributed by atoms with van der Waals surface area (Å²) in [6.45, 7) is 2.03. The van der Waals surface area contributed by atoms with Gasteiger partial charge in [0, 0.05) is 11.1 Å². The van der Waals surface area contributed by atoms with Crippen LogP contribution in [0.5, 0.6) is 5.75 Å². The lowest BCUT2D eigenvalue weighted by molar-refractivity contribution is 0.414. The zero-order chi connectivity index (χ0) is 16.2. The molecule has 1 N–H and O–H groups in total. The molecule has 0 atom stereocenters. The molecule has 116 valence electrons. The second-order valence-electron chi connectivity index (χ2n) is 5.02. The van der Waals surface area contributed by atoms with Gasteiger partial charge in [0.25, 0.3) is 0 Å². The van der Waals surface area contributed by atoms with E-state index in [0.29, 0.717) is 10.6 Å². The molecule has 0 bridgehead atoms. The Kier molecular flexibility index (Phi) is 4.34. The van der Waals surface area contributed by atoms with Crippen LogP contribution in [-0.2, 0) is 0 Å². The molecule has 0 amide bonds. The fraction of sp³-hybridized carbons (Fsp3) is 0.118. The molecule has 23 heavy (non-hydrogen) atoms. The van der Waals surface area contributed by atoms with E-state index in [1.165, 1.54) is 0 Å². The van der Waals surface area contributed by atoms with Gasteiger partial charge in [0.05, 0.1) is 13.3 Å². The molecule has 1 heterocycles. The van der Waals surface area contributed by atoms with Crippen LogP contribution < -0.4 is 4.74 Å². The molecule has 1 aromatic heterocycles. The summed E-state index contributed by atoms with van der Waals surface area (Å²) >= 11 is 5.28. The molecule has 0 fully saturated rings. The van der Waals surface area contributed by atoms with Crippen molar-refractivity contribution in [3.63, 3.8) is 0 Å². The number of methoxy groups -OCH3 is 1. The number of aryl methyl sites for hydroxylation is 1. The molecular weight excluding hydrogens is 308 g/mol. The largest absolute Gasteiger partial charge is 0.496 e. The Morgan fingerprint density at radius 3 is 2.83 bits per heavy atom. The number of hydrogen-bond donors (Lipinski definition) is 1. The van der Waals surface area contributed by atoms with Gasteiger partial charge in [-0.1, -0.05) is 35.9 Å². The van der Waals surface area contributed by atoms with Crippen LogP contribution in [0.4, 0.5) is 0 Å². The second kappa shape index (κ2) is 6.58. The van der Waals surface area contributed by atoms with Crippen molar-refractivity contribution in [2.75, 3.05) is 7.11 Å². The molecule has 0 saturated carbocycles. The molecule has 3 aromatic rings. The highest BCUT2D eigenvalue weighted by molar-refractivity contribution is 7.71. The van der Waals surface area contributed by atoms with Gasteiger partial charge in [-0.2, -0.15) is 14.9 Å². The Morgan fingerprint density at radius 2 is 2.04 bits per heavy atom. The summed E-state index contributed by atoms with van der Waals surface area (Å²) in [5.41, 5.74) is 2.97. The summed E-state index contributed by atoms with van der Waals surface area (Å²) in [5.74, 6) is 1.42. The van der Waals surface area contributed by atoms with Gasteiger partial charge in [-0.3, -0.25) is 0 Å². The number of rotatable bonds is 4.